The second-order valence-electron chi connectivity index (χ2n) is 7.01. The van der Waals surface area contributed by atoms with Crippen molar-refractivity contribution in [1.29, 1.82) is 0 Å². The van der Waals surface area contributed by atoms with Crippen molar-refractivity contribution in [3.05, 3.63) is 59.9 Å². The molecule has 28 heavy (non-hydrogen) atoms. The Labute approximate surface area is 161 Å². The Morgan fingerprint density at radius 1 is 1.21 bits per heavy atom. The van der Waals surface area contributed by atoms with Crippen LogP contribution in [0.15, 0.2) is 48.5 Å². The summed E-state index contributed by atoms with van der Waals surface area (Å²) in [6.45, 7) is 0.443. The van der Waals surface area contributed by atoms with E-state index in [2.05, 4.69) is 15.7 Å². The molecule has 1 aromatic heterocycles. The summed E-state index contributed by atoms with van der Waals surface area (Å²) >= 11 is 0. The first-order chi connectivity index (χ1) is 13.5. The normalized spacial score (nSPS) is 17.1. The van der Waals surface area contributed by atoms with Crippen LogP contribution in [0.2, 0.25) is 0 Å². The van der Waals surface area contributed by atoms with Gasteiger partial charge >= 0.3 is 0 Å². The van der Waals surface area contributed by atoms with Crippen LogP contribution in [-0.4, -0.2) is 41.4 Å². The van der Waals surface area contributed by atoms with Gasteiger partial charge < -0.3 is 10.3 Å². The number of para-hydroxylation sites is 1. The number of amides is 2. The Hall–Kier alpha value is -3.19. The summed E-state index contributed by atoms with van der Waals surface area (Å²) in [6.07, 6.45) is 0.760. The van der Waals surface area contributed by atoms with Gasteiger partial charge in [0.1, 0.15) is 11.9 Å². The summed E-state index contributed by atoms with van der Waals surface area (Å²) in [5, 5.41) is 5.47. The van der Waals surface area contributed by atoms with E-state index in [1.165, 1.54) is 12.1 Å². The van der Waals surface area contributed by atoms with Crippen LogP contribution in [0.25, 0.3) is 22.2 Å². The molecule has 4 rings (SSSR count). The van der Waals surface area contributed by atoms with Gasteiger partial charge in [-0.25, -0.2) is 9.40 Å². The molecule has 0 saturated carbocycles. The van der Waals surface area contributed by atoms with Crippen LogP contribution in [0.4, 0.5) is 4.39 Å². The number of likely N-dealkylation sites (N-methyl/N-ethyl adjacent to an activating group) is 1. The van der Waals surface area contributed by atoms with E-state index in [-0.39, 0.29) is 24.1 Å². The molecule has 1 unspecified atom stereocenters. The highest BCUT2D eigenvalue weighted by Crippen LogP contribution is 2.31. The number of hydrogen-bond acceptors (Lipinski definition) is 3. The first-order valence-electron chi connectivity index (χ1n) is 9.18. The Kier molecular flexibility index (Phi) is 4.83. The van der Waals surface area contributed by atoms with Gasteiger partial charge in [0.05, 0.1) is 0 Å². The molecule has 1 atom stereocenters. The van der Waals surface area contributed by atoms with Gasteiger partial charge in [0.2, 0.25) is 5.91 Å². The van der Waals surface area contributed by atoms with Crippen LogP contribution in [0.5, 0.6) is 0 Å². The molecule has 3 N–H and O–H groups in total. The minimum atomic E-state index is -0.531. The summed E-state index contributed by atoms with van der Waals surface area (Å²) in [6, 6.07) is 13.6. The van der Waals surface area contributed by atoms with Gasteiger partial charge in [0.25, 0.3) is 5.91 Å². The number of rotatable bonds is 5. The summed E-state index contributed by atoms with van der Waals surface area (Å²) in [7, 11) is 1.75. The van der Waals surface area contributed by atoms with E-state index in [1.54, 1.807) is 24.2 Å². The predicted molar refractivity (Wildman–Crippen MR) is 105 cm³/mol. The molecule has 0 spiro atoms. The maximum Gasteiger partial charge on any atom is 0.258 e. The number of fused-ring (bicyclic) bond motifs is 1. The fraction of sp³-hybridized carbons (Fsp3) is 0.238. The first-order valence-corrected chi connectivity index (χ1v) is 9.18. The highest BCUT2D eigenvalue weighted by atomic mass is 19.1. The molecule has 0 radical (unpaired) electrons. The standard InChI is InChI=1S/C21H21FN4O2/c1-26-12-18(21(28)25-26)23-19(27)11-10-16-15-4-2-3-5-17(15)24-20(16)13-6-8-14(22)9-7-13/h2-9,18,24H,10-12H2,1H3,(H,23,27)(H,25,28). The predicted octanol–water partition coefficient (Wildman–Crippen LogP) is 2.37. The van der Waals surface area contributed by atoms with Crippen molar-refractivity contribution in [1.82, 2.24) is 20.7 Å². The number of H-pyrrole nitrogens is 1. The smallest absolute Gasteiger partial charge is 0.258 e. The number of nitrogens with zero attached hydrogens (tertiary/aromatic N) is 1. The van der Waals surface area contributed by atoms with Crippen molar-refractivity contribution >= 4 is 22.7 Å². The van der Waals surface area contributed by atoms with E-state index in [0.29, 0.717) is 13.0 Å². The van der Waals surface area contributed by atoms with E-state index < -0.39 is 6.04 Å². The van der Waals surface area contributed by atoms with Gasteiger partial charge in [-0.3, -0.25) is 15.0 Å². The molecule has 2 heterocycles. The van der Waals surface area contributed by atoms with E-state index in [4.69, 9.17) is 0 Å². The number of halogens is 1. The highest BCUT2D eigenvalue weighted by molar-refractivity contribution is 5.92. The number of benzene rings is 2. The Morgan fingerprint density at radius 2 is 1.96 bits per heavy atom. The molecule has 0 bridgehead atoms. The minimum absolute atomic E-state index is 0.175. The number of aromatic nitrogens is 1. The van der Waals surface area contributed by atoms with Gasteiger partial charge in [-0.1, -0.05) is 18.2 Å². The number of nitrogens with one attached hydrogen (secondary N) is 3. The van der Waals surface area contributed by atoms with Crippen LogP contribution in [0, 0.1) is 5.82 Å². The molecule has 0 aliphatic carbocycles. The third-order valence-electron chi connectivity index (χ3n) is 4.96. The lowest BCUT2D eigenvalue weighted by atomic mass is 10.0. The fourth-order valence-corrected chi connectivity index (χ4v) is 3.61. The summed E-state index contributed by atoms with van der Waals surface area (Å²) in [5.41, 5.74) is 6.36. The molecule has 2 aromatic carbocycles. The van der Waals surface area contributed by atoms with E-state index in [0.717, 1.165) is 27.7 Å². The summed E-state index contributed by atoms with van der Waals surface area (Å²) in [4.78, 5) is 27.6. The van der Waals surface area contributed by atoms with Crippen LogP contribution >= 0.6 is 0 Å². The van der Waals surface area contributed by atoms with Crippen LogP contribution in [-0.2, 0) is 16.0 Å². The van der Waals surface area contributed by atoms with Gasteiger partial charge in [-0.15, -0.1) is 0 Å². The van der Waals surface area contributed by atoms with Gasteiger partial charge in [0, 0.05) is 36.6 Å². The fourth-order valence-electron chi connectivity index (χ4n) is 3.61. The van der Waals surface area contributed by atoms with Gasteiger partial charge in [-0.2, -0.15) is 0 Å². The van der Waals surface area contributed by atoms with Crippen molar-refractivity contribution in [2.75, 3.05) is 13.6 Å². The number of carbonyl (C=O) groups is 2. The quantitative estimate of drug-likeness (QED) is 0.636. The molecule has 3 aromatic rings. The van der Waals surface area contributed by atoms with Crippen molar-refractivity contribution in [2.24, 2.45) is 0 Å². The summed E-state index contributed by atoms with van der Waals surface area (Å²) in [5.74, 6) is -0.665. The molecule has 6 nitrogen and oxygen atoms in total. The maximum atomic E-state index is 13.3. The second kappa shape index (κ2) is 7.44. The van der Waals surface area contributed by atoms with Crippen LogP contribution in [0.1, 0.15) is 12.0 Å². The topological polar surface area (TPSA) is 77.2 Å². The van der Waals surface area contributed by atoms with Crippen molar-refractivity contribution in [3.8, 4) is 11.3 Å². The minimum Gasteiger partial charge on any atom is -0.354 e. The molecule has 1 aliphatic heterocycles. The summed E-state index contributed by atoms with van der Waals surface area (Å²) < 4.78 is 13.3. The Bertz CT molecular complexity index is 1030. The van der Waals surface area contributed by atoms with E-state index in [9.17, 15) is 14.0 Å². The van der Waals surface area contributed by atoms with Crippen molar-refractivity contribution < 1.29 is 14.0 Å². The molecule has 1 saturated heterocycles. The third-order valence-corrected chi connectivity index (χ3v) is 4.96. The molecular formula is C21H21FN4O2. The molecule has 7 heteroatoms. The lowest BCUT2D eigenvalue weighted by molar-refractivity contribution is -0.127. The average molecular weight is 380 g/mol. The number of carbonyl (C=O) groups excluding carboxylic acids is 2. The lowest BCUT2D eigenvalue weighted by Crippen LogP contribution is -2.41. The van der Waals surface area contributed by atoms with Crippen LogP contribution < -0.4 is 10.7 Å². The van der Waals surface area contributed by atoms with E-state index >= 15 is 0 Å². The third kappa shape index (κ3) is 3.61. The number of hydrogen-bond donors (Lipinski definition) is 3. The monoisotopic (exact) mass is 380 g/mol. The van der Waals surface area contributed by atoms with Crippen molar-refractivity contribution in [2.45, 2.75) is 18.9 Å². The number of hydrazine groups is 1. The maximum absolute atomic E-state index is 13.3. The van der Waals surface area contributed by atoms with Crippen LogP contribution in [0.3, 0.4) is 0 Å². The second-order valence-corrected chi connectivity index (χ2v) is 7.01. The largest absolute Gasteiger partial charge is 0.354 e. The average Bonchev–Trinajstić information content (AvgIpc) is 3.20. The number of aryl methyl sites for hydroxylation is 1. The molecule has 1 fully saturated rings. The molecule has 144 valence electrons. The first kappa shape index (κ1) is 18.2. The lowest BCUT2D eigenvalue weighted by Gasteiger charge is -2.10. The highest BCUT2D eigenvalue weighted by Gasteiger charge is 2.29. The van der Waals surface area contributed by atoms with Gasteiger partial charge in [0.15, 0.2) is 0 Å². The van der Waals surface area contributed by atoms with E-state index in [1.807, 2.05) is 24.3 Å². The zero-order valence-corrected chi connectivity index (χ0v) is 15.5. The van der Waals surface area contributed by atoms with Crippen molar-refractivity contribution in [3.63, 3.8) is 0 Å². The number of aromatic amines is 1. The SMILES string of the molecule is CN1CC(NC(=O)CCc2c(-c3ccc(F)cc3)[nH]c3ccccc23)C(=O)N1. The zero-order valence-electron chi connectivity index (χ0n) is 15.5. The molecular weight excluding hydrogens is 359 g/mol. The Balaban J connectivity index is 1.56. The zero-order chi connectivity index (χ0) is 19.7. The molecule has 1 aliphatic rings. The Morgan fingerprint density at radius 3 is 2.68 bits per heavy atom. The van der Waals surface area contributed by atoms with Gasteiger partial charge in [-0.05, 0) is 47.9 Å². The molecule has 2 amide bonds.